The second-order valence-corrected chi connectivity index (χ2v) is 7.13. The Morgan fingerprint density at radius 3 is 2.00 bits per heavy atom. The van der Waals surface area contributed by atoms with Crippen LogP contribution in [0.5, 0.6) is 0 Å². The fourth-order valence-electron chi connectivity index (χ4n) is 3.03. The molecule has 6 nitrogen and oxygen atoms in total. The second-order valence-electron chi connectivity index (χ2n) is 6.69. The van der Waals surface area contributed by atoms with Crippen LogP contribution in [0, 0.1) is 0 Å². The summed E-state index contributed by atoms with van der Waals surface area (Å²) in [4.78, 5) is 23.1. The van der Waals surface area contributed by atoms with Crippen molar-refractivity contribution in [2.45, 2.75) is 26.9 Å². The molecule has 0 saturated heterocycles. The van der Waals surface area contributed by atoms with Gasteiger partial charge in [-0.25, -0.2) is 0 Å². The Labute approximate surface area is 198 Å². The summed E-state index contributed by atoms with van der Waals surface area (Å²) < 4.78 is 40.6. The Kier molecular flexibility index (Phi) is 13.2. The van der Waals surface area contributed by atoms with Gasteiger partial charge in [0.1, 0.15) is 6.79 Å². The first-order valence-corrected chi connectivity index (χ1v) is 10.6. The molecule has 0 aliphatic heterocycles. The molecule has 10 heteroatoms. The third-order valence-electron chi connectivity index (χ3n) is 4.84. The van der Waals surface area contributed by atoms with Gasteiger partial charge in [0, 0.05) is 30.4 Å². The SMILES string of the molecule is C=O.CCN(CC)CC.CNc1cc(C(N)=O)cc(C(F)(F)F)c1N(C)c1cccc(Cl)c1. The largest absolute Gasteiger partial charge is 0.418 e. The van der Waals surface area contributed by atoms with Crippen LogP contribution >= 0.6 is 11.6 Å². The van der Waals surface area contributed by atoms with Crippen molar-refractivity contribution >= 4 is 41.4 Å². The van der Waals surface area contributed by atoms with Crippen LogP contribution in [0.3, 0.4) is 0 Å². The molecule has 0 aliphatic carbocycles. The molecule has 0 spiro atoms. The lowest BCUT2D eigenvalue weighted by Gasteiger charge is -2.27. The zero-order valence-electron chi connectivity index (χ0n) is 19.6. The lowest BCUT2D eigenvalue weighted by atomic mass is 10.0. The second kappa shape index (κ2) is 14.4. The maximum absolute atomic E-state index is 13.5. The Bertz CT molecular complexity index is 885. The van der Waals surface area contributed by atoms with Gasteiger partial charge in [-0.2, -0.15) is 13.2 Å². The summed E-state index contributed by atoms with van der Waals surface area (Å²) in [6, 6.07) is 8.47. The molecule has 0 unspecified atom stereocenters. The molecule has 0 fully saturated rings. The molecule has 0 heterocycles. The minimum atomic E-state index is -4.67. The van der Waals surface area contributed by atoms with Gasteiger partial charge < -0.3 is 25.6 Å². The molecule has 2 aromatic rings. The number of rotatable bonds is 7. The van der Waals surface area contributed by atoms with Gasteiger partial charge in [-0.1, -0.05) is 38.4 Å². The van der Waals surface area contributed by atoms with Crippen molar-refractivity contribution in [3.05, 3.63) is 52.5 Å². The van der Waals surface area contributed by atoms with E-state index >= 15 is 0 Å². The summed E-state index contributed by atoms with van der Waals surface area (Å²) in [7, 11) is 2.95. The number of benzene rings is 2. The first-order valence-electron chi connectivity index (χ1n) is 10.2. The summed E-state index contributed by atoms with van der Waals surface area (Å²) in [5.74, 6) is -0.936. The molecule has 0 saturated carbocycles. The predicted octanol–water partition coefficient (Wildman–Crippen LogP) is 5.43. The molecule has 3 N–H and O–H groups in total. The van der Waals surface area contributed by atoms with E-state index in [-0.39, 0.29) is 16.9 Å². The van der Waals surface area contributed by atoms with E-state index in [1.165, 1.54) is 44.7 Å². The molecule has 33 heavy (non-hydrogen) atoms. The van der Waals surface area contributed by atoms with Gasteiger partial charge in [0.05, 0.1) is 16.9 Å². The Balaban J connectivity index is 0.000000973. The van der Waals surface area contributed by atoms with Crippen molar-refractivity contribution in [2.75, 3.05) is 43.9 Å². The number of nitrogens with one attached hydrogen (secondary N) is 1. The zero-order chi connectivity index (χ0) is 25.8. The fourth-order valence-corrected chi connectivity index (χ4v) is 3.21. The molecule has 0 radical (unpaired) electrons. The van der Waals surface area contributed by atoms with Gasteiger partial charge in [-0.15, -0.1) is 0 Å². The number of nitrogens with two attached hydrogens (primary N) is 1. The van der Waals surface area contributed by atoms with E-state index in [4.69, 9.17) is 22.1 Å². The molecule has 0 aliphatic rings. The number of hydrogen-bond donors (Lipinski definition) is 2. The number of halogens is 4. The number of primary amides is 1. The van der Waals surface area contributed by atoms with Crippen molar-refractivity contribution in [3.8, 4) is 0 Å². The van der Waals surface area contributed by atoms with Gasteiger partial charge >= 0.3 is 6.18 Å². The van der Waals surface area contributed by atoms with E-state index in [0.717, 1.165) is 6.07 Å². The van der Waals surface area contributed by atoms with Gasteiger partial charge in [0.15, 0.2) is 0 Å². The van der Waals surface area contributed by atoms with Crippen molar-refractivity contribution in [3.63, 3.8) is 0 Å². The van der Waals surface area contributed by atoms with E-state index in [0.29, 0.717) is 10.7 Å². The number of amides is 1. The highest BCUT2D eigenvalue weighted by atomic mass is 35.5. The van der Waals surface area contributed by atoms with Crippen molar-refractivity contribution in [2.24, 2.45) is 5.73 Å². The number of anilines is 3. The van der Waals surface area contributed by atoms with Crippen LogP contribution in [0.15, 0.2) is 36.4 Å². The third kappa shape index (κ3) is 8.94. The van der Waals surface area contributed by atoms with Crippen LogP contribution in [0.25, 0.3) is 0 Å². The fraction of sp³-hybridized carbons (Fsp3) is 0.391. The summed E-state index contributed by atoms with van der Waals surface area (Å²) in [6.45, 7) is 12.1. The van der Waals surface area contributed by atoms with E-state index in [9.17, 15) is 18.0 Å². The quantitative estimate of drug-likeness (QED) is 0.543. The summed E-state index contributed by atoms with van der Waals surface area (Å²) in [5.41, 5.74) is 4.41. The van der Waals surface area contributed by atoms with E-state index in [1.54, 1.807) is 24.3 Å². The Morgan fingerprint density at radius 1 is 1.09 bits per heavy atom. The van der Waals surface area contributed by atoms with Gasteiger partial charge in [0.25, 0.3) is 0 Å². The Morgan fingerprint density at radius 2 is 1.64 bits per heavy atom. The molecule has 2 rings (SSSR count). The highest BCUT2D eigenvalue weighted by Crippen LogP contribution is 2.43. The van der Waals surface area contributed by atoms with Crippen LogP contribution < -0.4 is 16.0 Å². The zero-order valence-corrected chi connectivity index (χ0v) is 20.3. The number of carbonyl (C=O) groups is 2. The van der Waals surface area contributed by atoms with Crippen LogP contribution in [0.1, 0.15) is 36.7 Å². The molecule has 1 amide bonds. The lowest BCUT2D eigenvalue weighted by Crippen LogP contribution is -2.21. The number of alkyl halides is 3. The topological polar surface area (TPSA) is 78.7 Å². The van der Waals surface area contributed by atoms with Crippen LogP contribution in [-0.4, -0.2) is 51.3 Å². The average Bonchev–Trinajstić information content (AvgIpc) is 2.80. The van der Waals surface area contributed by atoms with Gasteiger partial charge in [-0.3, -0.25) is 4.79 Å². The molecule has 0 bridgehead atoms. The molecular weight excluding hydrogens is 457 g/mol. The smallest absolute Gasteiger partial charge is 0.386 e. The first kappa shape index (κ1) is 30.2. The third-order valence-corrected chi connectivity index (χ3v) is 5.08. The highest BCUT2D eigenvalue weighted by molar-refractivity contribution is 6.30. The highest BCUT2D eigenvalue weighted by Gasteiger charge is 2.37. The van der Waals surface area contributed by atoms with Gasteiger partial charge in [-0.05, 0) is 50.0 Å². The first-order chi connectivity index (χ1) is 15.5. The molecule has 2 aromatic carbocycles. The van der Waals surface area contributed by atoms with Gasteiger partial charge in [0.2, 0.25) is 5.91 Å². The van der Waals surface area contributed by atoms with Crippen molar-refractivity contribution in [1.82, 2.24) is 4.90 Å². The summed E-state index contributed by atoms with van der Waals surface area (Å²) in [6.07, 6.45) is -4.67. The monoisotopic (exact) mass is 488 g/mol. The van der Waals surface area contributed by atoms with E-state index in [2.05, 4.69) is 31.0 Å². The Hall–Kier alpha value is -2.78. The van der Waals surface area contributed by atoms with Crippen LogP contribution in [0.4, 0.5) is 30.2 Å². The molecular formula is C23H32ClF3N4O2. The normalized spacial score (nSPS) is 10.5. The van der Waals surface area contributed by atoms with Crippen LogP contribution in [-0.2, 0) is 11.0 Å². The standard InChI is InChI=1S/C16H15ClF3N3O.C6H15N.CH2O/c1-22-13-7-9(15(21)24)6-12(16(18,19)20)14(13)23(2)11-5-3-4-10(17)8-11;1-4-7(5-2)6-3;1-2/h3-8,22H,1-2H3,(H2,21,24);4-6H2,1-3H3;1H2. The number of carbonyl (C=O) groups excluding carboxylic acids is 2. The predicted molar refractivity (Wildman–Crippen MR) is 130 cm³/mol. The van der Waals surface area contributed by atoms with Crippen molar-refractivity contribution in [1.29, 1.82) is 0 Å². The van der Waals surface area contributed by atoms with E-state index in [1.807, 2.05) is 6.79 Å². The summed E-state index contributed by atoms with van der Waals surface area (Å²) in [5, 5.41) is 3.08. The number of hydrogen-bond acceptors (Lipinski definition) is 5. The molecule has 0 atom stereocenters. The number of nitrogens with zero attached hydrogens (tertiary/aromatic N) is 2. The maximum atomic E-state index is 13.5. The minimum absolute atomic E-state index is 0.126. The van der Waals surface area contributed by atoms with Crippen molar-refractivity contribution < 1.29 is 22.8 Å². The molecule has 0 aromatic heterocycles. The maximum Gasteiger partial charge on any atom is 0.418 e. The molecule has 184 valence electrons. The minimum Gasteiger partial charge on any atom is -0.386 e. The summed E-state index contributed by atoms with van der Waals surface area (Å²) >= 11 is 5.92. The van der Waals surface area contributed by atoms with Crippen LogP contribution in [0.2, 0.25) is 5.02 Å². The van der Waals surface area contributed by atoms with E-state index < -0.39 is 17.6 Å². The lowest BCUT2D eigenvalue weighted by molar-refractivity contribution is -0.137. The average molecular weight is 489 g/mol.